The first-order chi connectivity index (χ1) is 9.13. The number of para-hydroxylation sites is 1. The number of nitrogens with one attached hydrogen (secondary N) is 1. The van der Waals surface area contributed by atoms with Crippen molar-refractivity contribution in [1.29, 1.82) is 0 Å². The van der Waals surface area contributed by atoms with Crippen molar-refractivity contribution in [2.24, 2.45) is 0 Å². The van der Waals surface area contributed by atoms with E-state index in [1.54, 1.807) is 22.7 Å². The zero-order chi connectivity index (χ0) is 13.4. The molecule has 5 heteroatoms. The molecule has 1 aromatic carbocycles. The number of benzene rings is 1. The number of rotatable bonds is 3. The van der Waals surface area contributed by atoms with Gasteiger partial charge in [-0.2, -0.15) is 0 Å². The number of hydrogen-bond acceptors (Lipinski definition) is 5. The number of thiazole rings is 2. The lowest BCUT2D eigenvalue weighted by molar-refractivity contribution is 0.888. The Labute approximate surface area is 120 Å². The van der Waals surface area contributed by atoms with E-state index < -0.39 is 0 Å². The molecule has 0 aliphatic carbocycles. The minimum absolute atomic E-state index is 0.242. The molecule has 1 atom stereocenters. The second-order valence-corrected chi connectivity index (χ2v) is 6.80. The molecule has 0 saturated heterocycles. The zero-order valence-corrected chi connectivity index (χ0v) is 12.7. The number of hydrogen-bond donors (Lipinski definition) is 1. The molecule has 0 radical (unpaired) electrons. The van der Waals surface area contributed by atoms with E-state index in [1.165, 1.54) is 9.58 Å². The lowest BCUT2D eigenvalue weighted by Gasteiger charge is -2.11. The van der Waals surface area contributed by atoms with Crippen LogP contribution in [0.5, 0.6) is 0 Å². The van der Waals surface area contributed by atoms with Crippen molar-refractivity contribution < 1.29 is 0 Å². The Morgan fingerprint density at radius 3 is 2.58 bits per heavy atom. The standard InChI is InChI=1S/C14H15N3S2/c1-8-13(18-10(3)15-8)9(2)16-14-17-11-6-4-5-7-12(11)19-14/h4-7,9H,1-3H3,(H,16,17). The van der Waals surface area contributed by atoms with E-state index in [9.17, 15) is 0 Å². The van der Waals surface area contributed by atoms with Gasteiger partial charge in [-0.15, -0.1) is 11.3 Å². The van der Waals surface area contributed by atoms with Gasteiger partial charge in [0.15, 0.2) is 5.13 Å². The highest BCUT2D eigenvalue weighted by molar-refractivity contribution is 7.22. The predicted octanol–water partition coefficient (Wildman–Crippen LogP) is 4.54. The Hall–Kier alpha value is -1.46. The fourth-order valence-corrected chi connectivity index (χ4v) is 4.02. The number of aromatic nitrogens is 2. The van der Waals surface area contributed by atoms with Crippen LogP contribution < -0.4 is 5.32 Å². The topological polar surface area (TPSA) is 37.8 Å². The smallest absolute Gasteiger partial charge is 0.184 e. The van der Waals surface area contributed by atoms with Gasteiger partial charge in [-0.1, -0.05) is 23.5 Å². The van der Waals surface area contributed by atoms with Crippen molar-refractivity contribution in [2.45, 2.75) is 26.8 Å². The SMILES string of the molecule is Cc1nc(C)c(C(C)Nc2nc3ccccc3s2)s1. The minimum atomic E-state index is 0.242. The Morgan fingerprint density at radius 1 is 1.11 bits per heavy atom. The van der Waals surface area contributed by atoms with E-state index in [2.05, 4.69) is 35.2 Å². The molecular formula is C14H15N3S2. The highest BCUT2D eigenvalue weighted by atomic mass is 32.1. The third-order valence-electron chi connectivity index (χ3n) is 2.97. The second-order valence-electron chi connectivity index (χ2n) is 4.54. The highest BCUT2D eigenvalue weighted by Gasteiger charge is 2.14. The maximum absolute atomic E-state index is 4.61. The quantitative estimate of drug-likeness (QED) is 0.769. The number of nitrogens with zero attached hydrogens (tertiary/aromatic N) is 2. The van der Waals surface area contributed by atoms with E-state index in [-0.39, 0.29) is 6.04 Å². The van der Waals surface area contributed by atoms with Crippen LogP contribution in [-0.4, -0.2) is 9.97 Å². The fraction of sp³-hybridized carbons (Fsp3) is 0.286. The van der Waals surface area contributed by atoms with Crippen molar-refractivity contribution in [1.82, 2.24) is 9.97 Å². The molecular weight excluding hydrogens is 274 g/mol. The van der Waals surface area contributed by atoms with Crippen LogP contribution in [0.1, 0.15) is 28.5 Å². The summed E-state index contributed by atoms with van der Waals surface area (Å²) < 4.78 is 1.22. The van der Waals surface area contributed by atoms with E-state index in [0.717, 1.165) is 21.3 Å². The highest BCUT2D eigenvalue weighted by Crippen LogP contribution is 2.31. The van der Waals surface area contributed by atoms with Crippen LogP contribution in [0, 0.1) is 13.8 Å². The van der Waals surface area contributed by atoms with Crippen molar-refractivity contribution in [2.75, 3.05) is 5.32 Å². The van der Waals surface area contributed by atoms with Crippen LogP contribution in [-0.2, 0) is 0 Å². The third kappa shape index (κ3) is 2.48. The Balaban J connectivity index is 1.86. The van der Waals surface area contributed by atoms with Crippen LogP contribution in [0.3, 0.4) is 0 Å². The molecule has 0 bridgehead atoms. The second kappa shape index (κ2) is 4.90. The molecule has 0 fully saturated rings. The summed E-state index contributed by atoms with van der Waals surface area (Å²) in [5, 5.41) is 5.57. The van der Waals surface area contributed by atoms with E-state index in [1.807, 2.05) is 25.1 Å². The molecule has 2 heterocycles. The first kappa shape index (κ1) is 12.6. The molecule has 0 aliphatic rings. The number of aryl methyl sites for hydroxylation is 2. The van der Waals surface area contributed by atoms with Gasteiger partial charge in [0.05, 0.1) is 27.0 Å². The lowest BCUT2D eigenvalue weighted by atomic mass is 10.2. The summed E-state index contributed by atoms with van der Waals surface area (Å²) in [7, 11) is 0. The molecule has 2 aromatic heterocycles. The van der Waals surface area contributed by atoms with Crippen molar-refractivity contribution in [3.05, 3.63) is 39.8 Å². The Kier molecular flexibility index (Phi) is 3.24. The van der Waals surface area contributed by atoms with Gasteiger partial charge >= 0.3 is 0 Å². The largest absolute Gasteiger partial charge is 0.354 e. The monoisotopic (exact) mass is 289 g/mol. The average molecular weight is 289 g/mol. The molecule has 0 amide bonds. The van der Waals surface area contributed by atoms with Crippen molar-refractivity contribution >= 4 is 38.0 Å². The summed E-state index contributed by atoms with van der Waals surface area (Å²) in [6.45, 7) is 6.27. The number of fused-ring (bicyclic) bond motifs is 1. The molecule has 98 valence electrons. The van der Waals surface area contributed by atoms with Gasteiger partial charge in [0.1, 0.15) is 0 Å². The molecule has 19 heavy (non-hydrogen) atoms. The van der Waals surface area contributed by atoms with Gasteiger partial charge in [0, 0.05) is 4.88 Å². The van der Waals surface area contributed by atoms with Crippen LogP contribution in [0.25, 0.3) is 10.2 Å². The van der Waals surface area contributed by atoms with Gasteiger partial charge in [0.2, 0.25) is 0 Å². The summed E-state index contributed by atoms with van der Waals surface area (Å²) in [6.07, 6.45) is 0. The summed E-state index contributed by atoms with van der Waals surface area (Å²) in [6, 6.07) is 8.46. The minimum Gasteiger partial charge on any atom is -0.354 e. The molecule has 3 aromatic rings. The van der Waals surface area contributed by atoms with Gasteiger partial charge in [-0.25, -0.2) is 9.97 Å². The van der Waals surface area contributed by atoms with E-state index in [0.29, 0.717) is 0 Å². The van der Waals surface area contributed by atoms with Crippen LogP contribution in [0.15, 0.2) is 24.3 Å². The summed E-state index contributed by atoms with van der Waals surface area (Å²) in [4.78, 5) is 10.4. The van der Waals surface area contributed by atoms with Crippen LogP contribution >= 0.6 is 22.7 Å². The molecule has 3 rings (SSSR count). The van der Waals surface area contributed by atoms with Gasteiger partial charge in [-0.05, 0) is 32.9 Å². The molecule has 0 spiro atoms. The zero-order valence-electron chi connectivity index (χ0n) is 11.1. The van der Waals surface area contributed by atoms with E-state index in [4.69, 9.17) is 0 Å². The predicted molar refractivity (Wildman–Crippen MR) is 83.2 cm³/mol. The van der Waals surface area contributed by atoms with Gasteiger partial charge in [-0.3, -0.25) is 0 Å². The first-order valence-electron chi connectivity index (χ1n) is 6.19. The van der Waals surface area contributed by atoms with E-state index >= 15 is 0 Å². The maximum Gasteiger partial charge on any atom is 0.184 e. The number of anilines is 1. The molecule has 1 N–H and O–H groups in total. The van der Waals surface area contributed by atoms with Crippen molar-refractivity contribution in [3.8, 4) is 0 Å². The third-order valence-corrected chi connectivity index (χ3v) is 5.19. The summed E-state index contributed by atoms with van der Waals surface area (Å²) in [5.41, 5.74) is 2.17. The summed E-state index contributed by atoms with van der Waals surface area (Å²) in [5.74, 6) is 0. The maximum atomic E-state index is 4.61. The molecule has 3 nitrogen and oxygen atoms in total. The Morgan fingerprint density at radius 2 is 1.89 bits per heavy atom. The fourth-order valence-electron chi connectivity index (χ4n) is 2.13. The molecule has 0 aliphatic heterocycles. The first-order valence-corrected chi connectivity index (χ1v) is 7.83. The van der Waals surface area contributed by atoms with Crippen LogP contribution in [0.2, 0.25) is 0 Å². The molecule has 0 saturated carbocycles. The normalized spacial score (nSPS) is 12.8. The van der Waals surface area contributed by atoms with Crippen LogP contribution in [0.4, 0.5) is 5.13 Å². The average Bonchev–Trinajstić information content (AvgIpc) is 2.91. The van der Waals surface area contributed by atoms with Crippen molar-refractivity contribution in [3.63, 3.8) is 0 Å². The Bertz CT molecular complexity index is 681. The molecule has 1 unspecified atom stereocenters. The van der Waals surface area contributed by atoms with Gasteiger partial charge < -0.3 is 5.32 Å². The summed E-state index contributed by atoms with van der Waals surface area (Å²) >= 11 is 3.45. The lowest BCUT2D eigenvalue weighted by Crippen LogP contribution is -2.05. The van der Waals surface area contributed by atoms with Gasteiger partial charge in [0.25, 0.3) is 0 Å².